The quantitative estimate of drug-likeness (QED) is 0.0653. The summed E-state index contributed by atoms with van der Waals surface area (Å²) in [5, 5.41) is 10.5. The lowest BCUT2D eigenvalue weighted by Gasteiger charge is -2.15. The van der Waals surface area contributed by atoms with Crippen LogP contribution < -0.4 is 14.2 Å². The van der Waals surface area contributed by atoms with E-state index in [2.05, 4.69) is 32.7 Å². The number of unbranched alkanes of at least 4 members (excludes halogenated alkanes) is 7. The fraction of sp³-hybridized carbons (Fsp3) is 0.459. The lowest BCUT2D eigenvalue weighted by atomic mass is 10.1. The maximum atomic E-state index is 12.7. The lowest BCUT2D eigenvalue weighted by molar-refractivity contribution is 0.0734. The van der Waals surface area contributed by atoms with Gasteiger partial charge in [-0.1, -0.05) is 58.8 Å². The molecule has 0 aliphatic heterocycles. The molecule has 0 aromatic heterocycles. The van der Waals surface area contributed by atoms with Gasteiger partial charge >= 0.3 is 5.97 Å². The van der Waals surface area contributed by atoms with Crippen LogP contribution in [-0.4, -0.2) is 29.5 Å². The summed E-state index contributed by atoms with van der Waals surface area (Å²) in [5.74, 6) is 1.27. The van der Waals surface area contributed by atoms with E-state index in [0.29, 0.717) is 11.1 Å². The maximum Gasteiger partial charge on any atom is 0.343 e. The summed E-state index contributed by atoms with van der Waals surface area (Å²) < 4.78 is 17.5. The van der Waals surface area contributed by atoms with Crippen molar-refractivity contribution in [1.82, 2.24) is 0 Å². The molecule has 0 unspecified atom stereocenters. The van der Waals surface area contributed by atoms with Crippen LogP contribution in [-0.2, 0) is 0 Å². The number of rotatable bonds is 19. The summed E-state index contributed by atoms with van der Waals surface area (Å²) in [5.41, 5.74) is 1.66. The van der Waals surface area contributed by atoms with E-state index >= 15 is 0 Å². The van der Waals surface area contributed by atoms with E-state index in [9.17, 15) is 9.90 Å². The molecule has 0 radical (unpaired) electrons. The van der Waals surface area contributed by atoms with Crippen molar-refractivity contribution in [3.63, 3.8) is 0 Å². The highest BCUT2D eigenvalue weighted by Crippen LogP contribution is 2.26. The molecule has 0 fully saturated rings. The van der Waals surface area contributed by atoms with Gasteiger partial charge in [0.05, 0.1) is 23.5 Å². The van der Waals surface area contributed by atoms with Gasteiger partial charge in [-0.15, -0.1) is 0 Å². The number of phenols is 1. The highest BCUT2D eigenvalue weighted by Gasteiger charge is 2.12. The van der Waals surface area contributed by atoms with E-state index in [4.69, 9.17) is 14.2 Å². The Morgan fingerprint density at radius 1 is 0.721 bits per heavy atom. The molecule has 6 nitrogen and oxygen atoms in total. The number of carbonyl (C=O) groups excluding carboxylic acids is 1. The van der Waals surface area contributed by atoms with Gasteiger partial charge in [0.1, 0.15) is 23.0 Å². The minimum absolute atomic E-state index is 0.0293. The van der Waals surface area contributed by atoms with E-state index in [1.807, 2.05) is 24.3 Å². The lowest BCUT2D eigenvalue weighted by Crippen LogP contribution is -2.12. The van der Waals surface area contributed by atoms with Gasteiger partial charge in [0.25, 0.3) is 0 Å². The second-order valence-electron chi connectivity index (χ2n) is 11.3. The van der Waals surface area contributed by atoms with Crippen LogP contribution in [0, 0.1) is 0 Å². The summed E-state index contributed by atoms with van der Waals surface area (Å²) in [6.45, 7) is 8.61. The molecule has 0 amide bonds. The first-order valence-corrected chi connectivity index (χ1v) is 16.0. The molecule has 43 heavy (non-hydrogen) atoms. The summed E-state index contributed by atoms with van der Waals surface area (Å²) in [4.78, 5) is 17.1. The molecular formula is C37H49NO5. The SMILES string of the molecule is CCCCCCC[C@@H](C)Oc1ccc(C(=O)Oc2ccc(C=Nc3ccc(O[C@H](C)CCCCCC)cc3)c(O)c2)cc1. The number of phenolic OH excluding ortho intramolecular Hbond substituents is 1. The zero-order valence-corrected chi connectivity index (χ0v) is 26.4. The second kappa shape index (κ2) is 18.7. The van der Waals surface area contributed by atoms with E-state index in [0.717, 1.165) is 36.4 Å². The Kier molecular flexibility index (Phi) is 14.6. The molecule has 0 spiro atoms. The Bertz CT molecular complexity index is 1250. The van der Waals surface area contributed by atoms with Crippen LogP contribution in [0.2, 0.25) is 0 Å². The van der Waals surface area contributed by atoms with Gasteiger partial charge in [-0.3, -0.25) is 4.99 Å². The first-order valence-electron chi connectivity index (χ1n) is 16.0. The minimum Gasteiger partial charge on any atom is -0.507 e. The molecule has 0 saturated carbocycles. The number of hydrogen-bond acceptors (Lipinski definition) is 6. The van der Waals surface area contributed by atoms with Crippen molar-refractivity contribution in [2.45, 2.75) is 111 Å². The van der Waals surface area contributed by atoms with Crippen LogP contribution in [0.25, 0.3) is 0 Å². The number of aromatic hydroxyl groups is 1. The minimum atomic E-state index is -0.506. The van der Waals surface area contributed by atoms with Gasteiger partial charge in [0.15, 0.2) is 0 Å². The van der Waals surface area contributed by atoms with E-state index < -0.39 is 5.97 Å². The Balaban J connectivity index is 1.47. The maximum absolute atomic E-state index is 12.7. The van der Waals surface area contributed by atoms with E-state index in [1.165, 1.54) is 57.4 Å². The van der Waals surface area contributed by atoms with Gasteiger partial charge < -0.3 is 19.3 Å². The average molecular weight is 588 g/mol. The zero-order chi connectivity index (χ0) is 30.9. The first-order chi connectivity index (χ1) is 20.9. The number of carbonyl (C=O) groups is 1. The third-order valence-corrected chi connectivity index (χ3v) is 7.34. The van der Waals surface area contributed by atoms with Crippen molar-refractivity contribution in [3.8, 4) is 23.0 Å². The first kappa shape index (κ1) is 33.7. The molecule has 0 aliphatic carbocycles. The van der Waals surface area contributed by atoms with Crippen LogP contribution in [0.5, 0.6) is 23.0 Å². The van der Waals surface area contributed by atoms with Gasteiger partial charge in [0.2, 0.25) is 0 Å². The van der Waals surface area contributed by atoms with Gasteiger partial charge in [-0.2, -0.15) is 0 Å². The van der Waals surface area contributed by atoms with Crippen LogP contribution in [0.15, 0.2) is 71.7 Å². The van der Waals surface area contributed by atoms with Crippen molar-refractivity contribution >= 4 is 17.9 Å². The third kappa shape index (κ3) is 12.5. The summed E-state index contributed by atoms with van der Waals surface area (Å²) in [6.07, 6.45) is 15.1. The molecule has 0 aliphatic rings. The summed E-state index contributed by atoms with van der Waals surface area (Å²) in [6, 6.07) is 19.3. The van der Waals surface area contributed by atoms with E-state index in [1.54, 1.807) is 42.6 Å². The predicted octanol–water partition coefficient (Wildman–Crippen LogP) is 10.2. The van der Waals surface area contributed by atoms with Gasteiger partial charge in [-0.05, 0) is 100 Å². The molecule has 232 valence electrons. The zero-order valence-electron chi connectivity index (χ0n) is 26.4. The molecule has 0 saturated heterocycles. The van der Waals surface area contributed by atoms with Crippen LogP contribution in [0.4, 0.5) is 5.69 Å². The summed E-state index contributed by atoms with van der Waals surface area (Å²) >= 11 is 0. The molecule has 1 N–H and O–H groups in total. The molecule has 3 aromatic rings. The molecular weight excluding hydrogens is 538 g/mol. The highest BCUT2D eigenvalue weighted by atomic mass is 16.5. The monoisotopic (exact) mass is 587 g/mol. The smallest absolute Gasteiger partial charge is 0.343 e. The molecule has 0 bridgehead atoms. The Hall–Kier alpha value is -3.80. The summed E-state index contributed by atoms with van der Waals surface area (Å²) in [7, 11) is 0. The van der Waals surface area contributed by atoms with Gasteiger partial charge in [-0.25, -0.2) is 4.79 Å². The number of ether oxygens (including phenoxy) is 3. The molecule has 3 aromatic carbocycles. The van der Waals surface area contributed by atoms with E-state index in [-0.39, 0.29) is 23.7 Å². The number of benzene rings is 3. The highest BCUT2D eigenvalue weighted by molar-refractivity contribution is 5.91. The predicted molar refractivity (Wildman–Crippen MR) is 176 cm³/mol. The standard InChI is InChI=1S/C37H49NO5/c1-5-7-9-11-13-15-29(4)41-33-21-16-30(17-22-33)37(40)43-35-23-18-31(36(39)26-35)27-38-32-19-24-34(25-20-32)42-28(3)14-12-10-8-6-2/h16-29,39H,5-15H2,1-4H3/t28-,29-/m1/s1. The van der Waals surface area contributed by atoms with Crippen LogP contribution in [0.3, 0.4) is 0 Å². The van der Waals surface area contributed by atoms with Crippen molar-refractivity contribution in [2.75, 3.05) is 0 Å². The number of aliphatic imine (C=N–C) groups is 1. The van der Waals surface area contributed by atoms with Crippen molar-refractivity contribution in [3.05, 3.63) is 77.9 Å². The number of hydrogen-bond donors (Lipinski definition) is 1. The molecule has 3 rings (SSSR count). The fourth-order valence-electron chi connectivity index (χ4n) is 4.76. The van der Waals surface area contributed by atoms with Crippen LogP contribution in [0.1, 0.15) is 114 Å². The fourth-order valence-corrected chi connectivity index (χ4v) is 4.76. The third-order valence-electron chi connectivity index (χ3n) is 7.34. The van der Waals surface area contributed by atoms with Crippen molar-refractivity contribution in [2.24, 2.45) is 4.99 Å². The molecule has 2 atom stereocenters. The number of nitrogens with zero attached hydrogens (tertiary/aromatic N) is 1. The Labute approximate surface area is 258 Å². The topological polar surface area (TPSA) is 77.4 Å². The van der Waals surface area contributed by atoms with Crippen LogP contribution >= 0.6 is 0 Å². The average Bonchev–Trinajstić information content (AvgIpc) is 3.00. The van der Waals surface area contributed by atoms with Gasteiger partial charge in [0, 0.05) is 17.8 Å². The Morgan fingerprint density at radius 2 is 1.23 bits per heavy atom. The Morgan fingerprint density at radius 3 is 1.79 bits per heavy atom. The molecule has 0 heterocycles. The second-order valence-corrected chi connectivity index (χ2v) is 11.3. The number of esters is 1. The molecule has 6 heteroatoms. The van der Waals surface area contributed by atoms with Crippen molar-refractivity contribution < 1.29 is 24.1 Å². The normalized spacial score (nSPS) is 12.7. The van der Waals surface area contributed by atoms with Crippen molar-refractivity contribution in [1.29, 1.82) is 0 Å². The largest absolute Gasteiger partial charge is 0.507 e.